The first-order valence-corrected chi connectivity index (χ1v) is 10.6. The first-order valence-electron chi connectivity index (χ1n) is 10.6. The van der Waals surface area contributed by atoms with Crippen molar-refractivity contribution in [2.75, 3.05) is 13.1 Å². The molecule has 0 bridgehead atoms. The lowest BCUT2D eigenvalue weighted by atomic mass is 10.1. The average molecular weight is 459 g/mol. The zero-order valence-electron chi connectivity index (χ0n) is 18.2. The molecule has 0 spiro atoms. The number of nitrogens with one attached hydrogen (secondary N) is 2. The number of likely N-dealkylation sites (tertiary alicyclic amines) is 1. The third-order valence-corrected chi connectivity index (χ3v) is 5.20. The van der Waals surface area contributed by atoms with E-state index in [4.69, 9.17) is 17.2 Å². The molecule has 0 radical (unpaired) electrons. The van der Waals surface area contributed by atoms with E-state index in [1.165, 1.54) is 11.8 Å². The van der Waals surface area contributed by atoms with E-state index in [2.05, 4.69) is 10.6 Å². The Bertz CT molecular complexity index is 702. The Morgan fingerprint density at radius 3 is 2.34 bits per heavy atom. The maximum Gasteiger partial charge on any atom is 0.328 e. The number of carbonyl (C=O) groups excluding carboxylic acids is 4. The predicted octanol–water partition coefficient (Wildman–Crippen LogP) is -3.26. The van der Waals surface area contributed by atoms with Crippen molar-refractivity contribution in [2.45, 2.75) is 75.7 Å². The van der Waals surface area contributed by atoms with Gasteiger partial charge in [0, 0.05) is 6.54 Å². The van der Waals surface area contributed by atoms with Crippen molar-refractivity contribution in [1.29, 1.82) is 0 Å². The summed E-state index contributed by atoms with van der Waals surface area (Å²) in [6.07, 6.45) is 0.398. The molecule has 1 fully saturated rings. The number of aliphatic hydroxyl groups is 1. The molecule has 13 heteroatoms. The summed E-state index contributed by atoms with van der Waals surface area (Å²) in [6.45, 7) is 1.85. The van der Waals surface area contributed by atoms with Gasteiger partial charge in [-0.2, -0.15) is 0 Å². The fourth-order valence-electron chi connectivity index (χ4n) is 3.49. The Labute approximate surface area is 186 Å². The zero-order chi connectivity index (χ0) is 24.4. The van der Waals surface area contributed by atoms with Crippen molar-refractivity contribution in [2.24, 2.45) is 17.2 Å². The van der Waals surface area contributed by atoms with Crippen molar-refractivity contribution in [1.82, 2.24) is 15.5 Å². The first-order chi connectivity index (χ1) is 15.0. The van der Waals surface area contributed by atoms with Crippen LogP contribution in [0, 0.1) is 0 Å². The van der Waals surface area contributed by atoms with E-state index >= 15 is 0 Å². The molecular weight excluding hydrogens is 424 g/mol. The third-order valence-electron chi connectivity index (χ3n) is 5.20. The van der Waals surface area contributed by atoms with Gasteiger partial charge in [0.2, 0.25) is 23.6 Å². The SMILES string of the molecule is CC(O)C(NC(=O)C(CCCCN)NC(=O)C1CCCN1C(=O)C(N)CC(N)=O)C(=O)O. The van der Waals surface area contributed by atoms with E-state index in [0.29, 0.717) is 32.2 Å². The standard InChI is InChI=1S/C19H34N6O7/c1-10(26)15(19(31)32)24-16(28)12(5-2-3-7-20)23-17(29)13-6-4-8-25(13)18(30)11(21)9-14(22)27/h10-13,15,26H,2-9,20-21H2,1H3,(H2,22,27)(H,23,29)(H,24,28)(H,31,32). The van der Waals surface area contributed by atoms with Crippen molar-refractivity contribution in [3.63, 3.8) is 0 Å². The highest BCUT2D eigenvalue weighted by Crippen LogP contribution is 2.19. The van der Waals surface area contributed by atoms with Gasteiger partial charge in [0.25, 0.3) is 0 Å². The van der Waals surface area contributed by atoms with Crippen LogP contribution >= 0.6 is 0 Å². The molecule has 0 aromatic heterocycles. The second-order valence-electron chi connectivity index (χ2n) is 7.88. The van der Waals surface area contributed by atoms with Gasteiger partial charge in [-0.1, -0.05) is 0 Å². The van der Waals surface area contributed by atoms with E-state index in [-0.39, 0.29) is 19.4 Å². The number of aliphatic hydroxyl groups excluding tert-OH is 1. The molecule has 32 heavy (non-hydrogen) atoms. The van der Waals surface area contributed by atoms with E-state index in [0.717, 1.165) is 0 Å². The minimum absolute atomic E-state index is 0.183. The molecule has 1 aliphatic rings. The normalized spacial score (nSPS) is 19.5. The van der Waals surface area contributed by atoms with Crippen LogP contribution in [-0.4, -0.2) is 88.1 Å². The Balaban J connectivity index is 2.91. The number of carboxylic acid groups (broad SMARTS) is 1. The van der Waals surface area contributed by atoms with E-state index in [1.807, 2.05) is 0 Å². The quantitative estimate of drug-likeness (QED) is 0.137. The topological polar surface area (TPSA) is 231 Å². The Kier molecular flexibility index (Phi) is 11.0. The number of rotatable bonds is 13. The van der Waals surface area contributed by atoms with Gasteiger partial charge in [0.15, 0.2) is 6.04 Å². The lowest BCUT2D eigenvalue weighted by Crippen LogP contribution is -2.58. The molecule has 0 aromatic rings. The number of nitrogens with zero attached hydrogens (tertiary/aromatic N) is 1. The number of carbonyl (C=O) groups is 5. The Morgan fingerprint density at radius 1 is 1.16 bits per heavy atom. The smallest absolute Gasteiger partial charge is 0.328 e. The van der Waals surface area contributed by atoms with Crippen LogP contribution in [0.2, 0.25) is 0 Å². The van der Waals surface area contributed by atoms with Gasteiger partial charge in [-0.25, -0.2) is 4.79 Å². The summed E-state index contributed by atoms with van der Waals surface area (Å²) in [6, 6.07) is -4.70. The fraction of sp³-hybridized carbons (Fsp3) is 0.737. The summed E-state index contributed by atoms with van der Waals surface area (Å²) >= 11 is 0. The molecule has 0 saturated carbocycles. The lowest BCUT2D eigenvalue weighted by molar-refractivity contribution is -0.145. The first kappa shape index (κ1) is 27.3. The molecule has 5 unspecified atom stereocenters. The molecule has 1 rings (SSSR count). The molecule has 5 atom stereocenters. The molecule has 1 saturated heterocycles. The summed E-state index contributed by atoms with van der Waals surface area (Å²) in [5.41, 5.74) is 16.3. The number of carboxylic acids is 1. The second kappa shape index (κ2) is 12.9. The van der Waals surface area contributed by atoms with Gasteiger partial charge in [0.05, 0.1) is 18.6 Å². The fourth-order valence-corrected chi connectivity index (χ4v) is 3.49. The number of hydrogen-bond acceptors (Lipinski definition) is 8. The van der Waals surface area contributed by atoms with Gasteiger partial charge in [-0.05, 0) is 45.6 Å². The number of amides is 4. The van der Waals surface area contributed by atoms with Gasteiger partial charge in [-0.15, -0.1) is 0 Å². The summed E-state index contributed by atoms with van der Waals surface area (Å²) in [4.78, 5) is 61.7. The van der Waals surface area contributed by atoms with Crippen molar-refractivity contribution >= 4 is 29.6 Å². The molecule has 182 valence electrons. The van der Waals surface area contributed by atoms with Crippen LogP contribution in [0.15, 0.2) is 0 Å². The van der Waals surface area contributed by atoms with Crippen LogP contribution < -0.4 is 27.8 Å². The number of primary amides is 1. The summed E-state index contributed by atoms with van der Waals surface area (Å²) in [5, 5.41) is 23.6. The number of aliphatic carboxylic acids is 1. The lowest BCUT2D eigenvalue weighted by Gasteiger charge is -2.28. The molecule has 0 aliphatic carbocycles. The second-order valence-corrected chi connectivity index (χ2v) is 7.88. The molecule has 0 aromatic carbocycles. The Hall–Kier alpha value is -2.77. The zero-order valence-corrected chi connectivity index (χ0v) is 18.2. The number of nitrogens with two attached hydrogens (primary N) is 3. The highest BCUT2D eigenvalue weighted by Gasteiger charge is 2.38. The van der Waals surface area contributed by atoms with Gasteiger partial charge >= 0.3 is 5.97 Å². The van der Waals surface area contributed by atoms with Gasteiger partial charge in [-0.3, -0.25) is 19.2 Å². The van der Waals surface area contributed by atoms with Crippen LogP contribution in [0.25, 0.3) is 0 Å². The van der Waals surface area contributed by atoms with E-state index in [9.17, 15) is 34.2 Å². The van der Waals surface area contributed by atoms with Crippen molar-refractivity contribution < 1.29 is 34.2 Å². The minimum atomic E-state index is -1.55. The highest BCUT2D eigenvalue weighted by atomic mass is 16.4. The maximum atomic E-state index is 12.9. The van der Waals surface area contributed by atoms with Crippen molar-refractivity contribution in [3.05, 3.63) is 0 Å². The third kappa shape index (κ3) is 8.05. The minimum Gasteiger partial charge on any atom is -0.480 e. The van der Waals surface area contributed by atoms with Gasteiger partial charge in [0.1, 0.15) is 12.1 Å². The summed E-state index contributed by atoms with van der Waals surface area (Å²) in [5.74, 6) is -4.13. The Morgan fingerprint density at radius 2 is 1.81 bits per heavy atom. The number of hydrogen-bond donors (Lipinski definition) is 7. The number of unbranched alkanes of at least 4 members (excludes halogenated alkanes) is 1. The van der Waals surface area contributed by atoms with Crippen LogP contribution in [0.3, 0.4) is 0 Å². The van der Waals surface area contributed by atoms with Crippen LogP contribution in [-0.2, 0) is 24.0 Å². The van der Waals surface area contributed by atoms with Crippen LogP contribution in [0.5, 0.6) is 0 Å². The molecule has 1 heterocycles. The maximum absolute atomic E-state index is 12.9. The summed E-state index contributed by atoms with van der Waals surface area (Å²) in [7, 11) is 0. The van der Waals surface area contributed by atoms with Crippen molar-refractivity contribution in [3.8, 4) is 0 Å². The molecule has 4 amide bonds. The highest BCUT2D eigenvalue weighted by molar-refractivity contribution is 5.95. The molecule has 1 aliphatic heterocycles. The molecule has 13 nitrogen and oxygen atoms in total. The molecular formula is C19H34N6O7. The van der Waals surface area contributed by atoms with Crippen LogP contribution in [0.1, 0.15) is 45.4 Å². The van der Waals surface area contributed by atoms with E-state index in [1.54, 1.807) is 0 Å². The predicted molar refractivity (Wildman–Crippen MR) is 113 cm³/mol. The average Bonchev–Trinajstić information content (AvgIpc) is 3.19. The largest absolute Gasteiger partial charge is 0.480 e. The van der Waals surface area contributed by atoms with Gasteiger partial charge < -0.3 is 42.9 Å². The van der Waals surface area contributed by atoms with Crippen LogP contribution in [0.4, 0.5) is 0 Å². The molecule has 10 N–H and O–H groups in total. The summed E-state index contributed by atoms with van der Waals surface area (Å²) < 4.78 is 0. The van der Waals surface area contributed by atoms with E-state index < -0.39 is 59.9 Å². The monoisotopic (exact) mass is 458 g/mol.